The summed E-state index contributed by atoms with van der Waals surface area (Å²) in [5.41, 5.74) is 8.68. The number of nitrogens with two attached hydrogens (primary N) is 1. The number of hydrogen-bond acceptors (Lipinski definition) is 2. The van der Waals surface area contributed by atoms with E-state index in [0.29, 0.717) is 17.3 Å². The lowest BCUT2D eigenvalue weighted by atomic mass is 10.0. The van der Waals surface area contributed by atoms with Crippen LogP contribution in [0, 0.1) is 11.3 Å². The van der Waals surface area contributed by atoms with Gasteiger partial charge in [-0.05, 0) is 41.5 Å². The van der Waals surface area contributed by atoms with Crippen molar-refractivity contribution in [2.45, 2.75) is 19.8 Å². The number of aromatic nitrogens is 2. The molecule has 3 rings (SSSR count). The summed E-state index contributed by atoms with van der Waals surface area (Å²) in [5.74, 6) is 1.19. The molecule has 1 saturated carbocycles. The minimum atomic E-state index is 0.332. The van der Waals surface area contributed by atoms with E-state index >= 15 is 0 Å². The minimum Gasteiger partial charge on any atom is -0.335 e. The van der Waals surface area contributed by atoms with Gasteiger partial charge in [-0.1, -0.05) is 13.8 Å². The van der Waals surface area contributed by atoms with Crippen molar-refractivity contribution < 1.29 is 0 Å². The molecule has 3 nitrogen and oxygen atoms in total. The van der Waals surface area contributed by atoms with Crippen molar-refractivity contribution in [3.63, 3.8) is 0 Å². The Morgan fingerprint density at radius 1 is 1.47 bits per heavy atom. The van der Waals surface area contributed by atoms with Crippen LogP contribution in [-0.2, 0) is 7.05 Å². The molecule has 1 aliphatic carbocycles. The molecule has 0 bridgehead atoms. The highest BCUT2D eigenvalue weighted by Gasteiger charge is 2.57. The number of nitrogens with zero attached hydrogens (tertiary/aromatic N) is 2. The molecule has 90 valence electrons. The second-order valence-corrected chi connectivity index (χ2v) is 5.71. The van der Waals surface area contributed by atoms with Crippen LogP contribution in [0.3, 0.4) is 0 Å². The highest BCUT2D eigenvalue weighted by molar-refractivity contribution is 5.81. The van der Waals surface area contributed by atoms with Gasteiger partial charge < -0.3 is 10.3 Å². The molecule has 2 atom stereocenters. The van der Waals surface area contributed by atoms with E-state index in [0.717, 1.165) is 12.2 Å². The predicted octanol–water partition coefficient (Wildman–Crippen LogP) is 2.27. The molecule has 3 heteroatoms. The van der Waals surface area contributed by atoms with Gasteiger partial charge in [0.1, 0.15) is 5.65 Å². The monoisotopic (exact) mass is 229 g/mol. The molecule has 0 amide bonds. The van der Waals surface area contributed by atoms with Crippen molar-refractivity contribution in [1.82, 2.24) is 9.55 Å². The molecule has 2 heterocycles. The average Bonchev–Trinajstić information content (AvgIpc) is 2.70. The maximum atomic E-state index is 5.87. The summed E-state index contributed by atoms with van der Waals surface area (Å²) < 4.78 is 2.12. The lowest BCUT2D eigenvalue weighted by molar-refractivity contribution is 0.559. The van der Waals surface area contributed by atoms with Gasteiger partial charge in [-0.2, -0.15) is 0 Å². The van der Waals surface area contributed by atoms with Gasteiger partial charge in [0.15, 0.2) is 0 Å². The maximum Gasteiger partial charge on any atom is 0.139 e. The summed E-state index contributed by atoms with van der Waals surface area (Å²) in [6.45, 7) is 5.39. The Bertz CT molecular complexity index is 568. The first-order chi connectivity index (χ1) is 8.07. The van der Waals surface area contributed by atoms with Gasteiger partial charge in [-0.15, -0.1) is 0 Å². The average molecular weight is 229 g/mol. The van der Waals surface area contributed by atoms with E-state index in [2.05, 4.69) is 42.7 Å². The molecule has 1 aliphatic rings. The van der Waals surface area contributed by atoms with Crippen molar-refractivity contribution in [2.75, 3.05) is 6.54 Å². The van der Waals surface area contributed by atoms with Crippen LogP contribution in [0.2, 0.25) is 0 Å². The zero-order valence-electron chi connectivity index (χ0n) is 10.6. The number of fused-ring (bicyclic) bond motifs is 1. The highest BCUT2D eigenvalue weighted by atomic mass is 15.0. The van der Waals surface area contributed by atoms with Gasteiger partial charge >= 0.3 is 0 Å². The van der Waals surface area contributed by atoms with Crippen LogP contribution in [-0.4, -0.2) is 16.1 Å². The van der Waals surface area contributed by atoms with E-state index in [1.54, 1.807) is 0 Å². The standard InChI is InChI=1S/C14H19N3/c1-14(2)11(7-15)12(14)10-8-17(3)13-9(10)5-4-6-16-13/h4-6,8,11-12H,7,15H2,1-3H3. The van der Waals surface area contributed by atoms with Gasteiger partial charge in [0.05, 0.1) is 0 Å². The summed E-state index contributed by atoms with van der Waals surface area (Å²) in [6, 6.07) is 4.18. The largest absolute Gasteiger partial charge is 0.335 e. The highest BCUT2D eigenvalue weighted by Crippen LogP contribution is 2.64. The fourth-order valence-corrected chi connectivity index (χ4v) is 3.29. The third kappa shape index (κ3) is 1.35. The first-order valence-corrected chi connectivity index (χ1v) is 6.17. The van der Waals surface area contributed by atoms with Crippen molar-refractivity contribution >= 4 is 11.0 Å². The van der Waals surface area contributed by atoms with Crippen molar-refractivity contribution in [2.24, 2.45) is 24.1 Å². The minimum absolute atomic E-state index is 0.332. The summed E-state index contributed by atoms with van der Waals surface area (Å²) >= 11 is 0. The summed E-state index contributed by atoms with van der Waals surface area (Å²) in [4.78, 5) is 4.44. The van der Waals surface area contributed by atoms with Gasteiger partial charge in [-0.25, -0.2) is 4.98 Å². The van der Waals surface area contributed by atoms with Crippen LogP contribution in [0.15, 0.2) is 24.5 Å². The van der Waals surface area contributed by atoms with Crippen LogP contribution in [0.1, 0.15) is 25.3 Å². The van der Waals surface area contributed by atoms with Gasteiger partial charge in [0, 0.05) is 24.8 Å². The molecular weight excluding hydrogens is 210 g/mol. The Labute approximate surface area is 102 Å². The fourth-order valence-electron chi connectivity index (χ4n) is 3.29. The molecule has 0 radical (unpaired) electrons. The van der Waals surface area contributed by atoms with E-state index in [1.165, 1.54) is 10.9 Å². The Balaban J connectivity index is 2.14. The molecule has 0 saturated heterocycles. The van der Waals surface area contributed by atoms with Crippen LogP contribution >= 0.6 is 0 Å². The molecule has 17 heavy (non-hydrogen) atoms. The third-order valence-corrected chi connectivity index (χ3v) is 4.40. The molecular formula is C14H19N3. The summed E-state index contributed by atoms with van der Waals surface area (Å²) in [7, 11) is 2.06. The zero-order valence-corrected chi connectivity index (χ0v) is 10.6. The second-order valence-electron chi connectivity index (χ2n) is 5.71. The molecule has 0 spiro atoms. The Hall–Kier alpha value is -1.35. The maximum absolute atomic E-state index is 5.87. The molecule has 0 aliphatic heterocycles. The molecule has 2 aromatic heterocycles. The van der Waals surface area contributed by atoms with Crippen molar-refractivity contribution in [3.8, 4) is 0 Å². The van der Waals surface area contributed by atoms with E-state index in [9.17, 15) is 0 Å². The topological polar surface area (TPSA) is 43.8 Å². The third-order valence-electron chi connectivity index (χ3n) is 4.40. The van der Waals surface area contributed by atoms with E-state index in [1.807, 2.05) is 12.3 Å². The first-order valence-electron chi connectivity index (χ1n) is 6.17. The van der Waals surface area contributed by atoms with E-state index < -0.39 is 0 Å². The lowest BCUT2D eigenvalue weighted by Gasteiger charge is -2.00. The fraction of sp³-hybridized carbons (Fsp3) is 0.500. The number of aryl methyl sites for hydroxylation is 1. The van der Waals surface area contributed by atoms with Crippen molar-refractivity contribution in [3.05, 3.63) is 30.1 Å². The van der Waals surface area contributed by atoms with Crippen LogP contribution in [0.25, 0.3) is 11.0 Å². The first kappa shape index (κ1) is 10.8. The smallest absolute Gasteiger partial charge is 0.139 e. The quantitative estimate of drug-likeness (QED) is 0.858. The SMILES string of the molecule is Cn1cc(C2C(CN)C2(C)C)c2cccnc21. The molecule has 0 aromatic carbocycles. The van der Waals surface area contributed by atoms with Crippen LogP contribution in [0.4, 0.5) is 0 Å². The molecule has 1 fully saturated rings. The Morgan fingerprint density at radius 3 is 2.88 bits per heavy atom. The van der Waals surface area contributed by atoms with Gasteiger partial charge in [0.2, 0.25) is 0 Å². The van der Waals surface area contributed by atoms with Crippen LogP contribution < -0.4 is 5.73 Å². The normalized spacial score (nSPS) is 26.4. The predicted molar refractivity (Wildman–Crippen MR) is 69.8 cm³/mol. The Morgan fingerprint density at radius 2 is 2.24 bits per heavy atom. The van der Waals surface area contributed by atoms with Gasteiger partial charge in [0.25, 0.3) is 0 Å². The summed E-state index contributed by atoms with van der Waals surface area (Å²) in [5, 5.41) is 1.28. The van der Waals surface area contributed by atoms with Crippen LogP contribution in [0.5, 0.6) is 0 Å². The molecule has 2 aromatic rings. The zero-order chi connectivity index (χ0) is 12.2. The van der Waals surface area contributed by atoms with Gasteiger partial charge in [-0.3, -0.25) is 0 Å². The lowest BCUT2D eigenvalue weighted by Crippen LogP contribution is -2.05. The second kappa shape index (κ2) is 3.33. The number of hydrogen-bond donors (Lipinski definition) is 1. The Kier molecular flexibility index (Phi) is 2.11. The number of rotatable bonds is 2. The van der Waals surface area contributed by atoms with E-state index in [-0.39, 0.29) is 0 Å². The molecule has 2 N–H and O–H groups in total. The van der Waals surface area contributed by atoms with Crippen molar-refractivity contribution in [1.29, 1.82) is 0 Å². The summed E-state index contributed by atoms with van der Waals surface area (Å²) in [6.07, 6.45) is 4.07. The van der Waals surface area contributed by atoms with E-state index in [4.69, 9.17) is 5.73 Å². The molecule has 2 unspecified atom stereocenters. The number of pyridine rings is 1.